The number of hydrogen-bond donors (Lipinski definition) is 0. The molecule has 0 amide bonds. The summed E-state index contributed by atoms with van der Waals surface area (Å²) in [5, 5.41) is 0. The standard InChI is InChI=1S/C22H26Si2/c1-23(2,17-15-21-11-7-5-8-12-21)19-20-24(3,4)18-16-22-13-9-6-10-14-22/h5-18H,1-4H3/b17-15+,18-16+. The highest BCUT2D eigenvalue weighted by atomic mass is 28.3. The molecule has 0 aliphatic heterocycles. The quantitative estimate of drug-likeness (QED) is 0.471. The summed E-state index contributed by atoms with van der Waals surface area (Å²) in [4.78, 5) is 0. The second kappa shape index (κ2) is 8.14. The molecule has 0 atom stereocenters. The predicted molar refractivity (Wildman–Crippen MR) is 114 cm³/mol. The van der Waals surface area contributed by atoms with E-state index in [0.29, 0.717) is 0 Å². The van der Waals surface area contributed by atoms with Gasteiger partial charge in [-0.2, -0.15) is 0 Å². The van der Waals surface area contributed by atoms with Crippen LogP contribution in [-0.4, -0.2) is 16.1 Å². The van der Waals surface area contributed by atoms with Crippen LogP contribution in [0.5, 0.6) is 0 Å². The third-order valence-corrected chi connectivity index (χ3v) is 7.48. The van der Waals surface area contributed by atoms with Gasteiger partial charge >= 0.3 is 0 Å². The summed E-state index contributed by atoms with van der Waals surface area (Å²) in [6.07, 6.45) is 4.44. The first-order valence-corrected chi connectivity index (χ1v) is 14.5. The minimum Gasteiger partial charge on any atom is -0.133 e. The van der Waals surface area contributed by atoms with Crippen LogP contribution < -0.4 is 0 Å². The lowest BCUT2D eigenvalue weighted by Crippen LogP contribution is -2.25. The van der Waals surface area contributed by atoms with Crippen molar-refractivity contribution in [2.75, 3.05) is 0 Å². The highest BCUT2D eigenvalue weighted by Crippen LogP contribution is 2.11. The van der Waals surface area contributed by atoms with E-state index in [1.165, 1.54) is 11.1 Å². The Bertz CT molecular complexity index is 692. The zero-order valence-corrected chi connectivity index (χ0v) is 17.1. The second-order valence-electron chi connectivity index (χ2n) is 7.18. The van der Waals surface area contributed by atoms with Gasteiger partial charge in [0.15, 0.2) is 16.1 Å². The van der Waals surface area contributed by atoms with Gasteiger partial charge in [-0.05, 0) is 11.1 Å². The summed E-state index contributed by atoms with van der Waals surface area (Å²) >= 11 is 0. The first kappa shape index (κ1) is 18.3. The molecule has 0 aromatic heterocycles. The van der Waals surface area contributed by atoms with Gasteiger partial charge in [-0.15, -0.1) is 11.1 Å². The topological polar surface area (TPSA) is 0 Å². The maximum Gasteiger partial charge on any atom is 0.154 e. The Morgan fingerprint density at radius 1 is 0.583 bits per heavy atom. The Labute approximate surface area is 149 Å². The largest absolute Gasteiger partial charge is 0.154 e. The molecule has 0 saturated carbocycles. The lowest BCUT2D eigenvalue weighted by Gasteiger charge is -2.12. The van der Waals surface area contributed by atoms with Crippen LogP contribution in [-0.2, 0) is 0 Å². The van der Waals surface area contributed by atoms with Crippen molar-refractivity contribution >= 4 is 28.3 Å². The van der Waals surface area contributed by atoms with E-state index in [-0.39, 0.29) is 0 Å². The van der Waals surface area contributed by atoms with Crippen molar-refractivity contribution in [1.82, 2.24) is 0 Å². The van der Waals surface area contributed by atoms with E-state index in [2.05, 4.69) is 109 Å². The molecule has 0 aliphatic rings. The average molecular weight is 347 g/mol. The molecule has 0 radical (unpaired) electrons. The first-order valence-electron chi connectivity index (χ1n) is 8.39. The smallest absolute Gasteiger partial charge is 0.133 e. The van der Waals surface area contributed by atoms with Gasteiger partial charge in [0.05, 0.1) is 0 Å². The lowest BCUT2D eigenvalue weighted by atomic mass is 10.2. The molecule has 0 fully saturated rings. The van der Waals surface area contributed by atoms with Crippen LogP contribution in [0, 0.1) is 11.1 Å². The fourth-order valence-electron chi connectivity index (χ4n) is 2.14. The van der Waals surface area contributed by atoms with Gasteiger partial charge in [0.1, 0.15) is 0 Å². The Balaban J connectivity index is 2.08. The van der Waals surface area contributed by atoms with Crippen molar-refractivity contribution in [2.45, 2.75) is 26.2 Å². The zero-order chi connectivity index (χ0) is 17.5. The molecule has 122 valence electrons. The molecule has 2 aromatic rings. The van der Waals surface area contributed by atoms with Crippen molar-refractivity contribution < 1.29 is 0 Å². The van der Waals surface area contributed by atoms with Crippen LogP contribution in [0.2, 0.25) is 26.2 Å². The minimum atomic E-state index is -1.65. The summed E-state index contributed by atoms with van der Waals surface area (Å²) in [6.45, 7) is 9.24. The van der Waals surface area contributed by atoms with E-state index in [4.69, 9.17) is 0 Å². The van der Waals surface area contributed by atoms with Crippen LogP contribution in [0.4, 0.5) is 0 Å². The Morgan fingerprint density at radius 2 is 0.917 bits per heavy atom. The van der Waals surface area contributed by atoms with Crippen LogP contribution in [0.15, 0.2) is 72.1 Å². The number of hydrogen-bond acceptors (Lipinski definition) is 0. The van der Waals surface area contributed by atoms with Crippen LogP contribution in [0.3, 0.4) is 0 Å². The molecule has 0 aliphatic carbocycles. The molecule has 2 heteroatoms. The van der Waals surface area contributed by atoms with Gasteiger partial charge in [0.25, 0.3) is 0 Å². The Hall–Kier alpha value is -2.09. The molecule has 0 unspecified atom stereocenters. The van der Waals surface area contributed by atoms with Gasteiger partial charge in [-0.25, -0.2) is 0 Å². The fraction of sp³-hybridized carbons (Fsp3) is 0.182. The Morgan fingerprint density at radius 3 is 1.25 bits per heavy atom. The highest BCUT2D eigenvalue weighted by Gasteiger charge is 2.17. The van der Waals surface area contributed by atoms with Gasteiger partial charge in [-0.3, -0.25) is 0 Å². The van der Waals surface area contributed by atoms with Crippen molar-refractivity contribution in [2.24, 2.45) is 0 Å². The summed E-state index contributed by atoms with van der Waals surface area (Å²) in [5.41, 5.74) is 14.4. The van der Waals surface area contributed by atoms with Gasteiger partial charge < -0.3 is 0 Å². The molecular weight excluding hydrogens is 320 g/mol. The van der Waals surface area contributed by atoms with Gasteiger partial charge in [0, 0.05) is 0 Å². The molecular formula is C22H26Si2. The summed E-state index contributed by atoms with van der Waals surface area (Å²) in [6, 6.07) is 20.9. The van der Waals surface area contributed by atoms with Gasteiger partial charge in [0.2, 0.25) is 0 Å². The Kier molecular flexibility index (Phi) is 6.19. The third-order valence-electron chi connectivity index (χ3n) is 3.69. The molecule has 0 bridgehead atoms. The lowest BCUT2D eigenvalue weighted by molar-refractivity contribution is 1.66. The van der Waals surface area contributed by atoms with Crippen LogP contribution >= 0.6 is 0 Å². The fourth-order valence-corrected chi connectivity index (χ4v) is 6.11. The summed E-state index contributed by atoms with van der Waals surface area (Å²) in [5.74, 6) is 0. The van der Waals surface area contributed by atoms with Crippen molar-refractivity contribution in [1.29, 1.82) is 0 Å². The normalized spacial score (nSPS) is 12.3. The molecule has 0 heterocycles. The van der Waals surface area contributed by atoms with Crippen molar-refractivity contribution in [3.8, 4) is 11.1 Å². The first-order chi connectivity index (χ1) is 11.4. The molecule has 2 aromatic carbocycles. The second-order valence-corrected chi connectivity index (χ2v) is 15.2. The zero-order valence-electron chi connectivity index (χ0n) is 15.1. The predicted octanol–water partition coefficient (Wildman–Crippen LogP) is 5.99. The van der Waals surface area contributed by atoms with Crippen LogP contribution in [0.25, 0.3) is 12.2 Å². The maximum absolute atomic E-state index is 3.62. The molecule has 0 spiro atoms. The third kappa shape index (κ3) is 6.58. The SMILES string of the molecule is C[Si](C)(C#C[Si](C)(C)/C=C/c1ccccc1)/C=C/c1ccccc1. The summed E-state index contributed by atoms with van der Waals surface area (Å²) in [7, 11) is -3.29. The van der Waals surface area contributed by atoms with E-state index < -0.39 is 16.1 Å². The molecule has 0 saturated heterocycles. The van der Waals surface area contributed by atoms with E-state index >= 15 is 0 Å². The van der Waals surface area contributed by atoms with Crippen LogP contribution in [0.1, 0.15) is 11.1 Å². The minimum absolute atomic E-state index is 1.25. The van der Waals surface area contributed by atoms with Crippen molar-refractivity contribution in [3.05, 3.63) is 83.2 Å². The van der Waals surface area contributed by atoms with Gasteiger partial charge in [-0.1, -0.05) is 110 Å². The number of rotatable bonds is 4. The molecule has 0 nitrogen and oxygen atoms in total. The van der Waals surface area contributed by atoms with E-state index in [1.807, 2.05) is 12.1 Å². The summed E-state index contributed by atoms with van der Waals surface area (Å²) < 4.78 is 0. The average Bonchev–Trinajstić information content (AvgIpc) is 2.59. The van der Waals surface area contributed by atoms with Crippen molar-refractivity contribution in [3.63, 3.8) is 0 Å². The van der Waals surface area contributed by atoms with E-state index in [0.717, 1.165) is 0 Å². The van der Waals surface area contributed by atoms with E-state index in [1.54, 1.807) is 0 Å². The molecule has 2 rings (SSSR count). The maximum atomic E-state index is 3.62. The number of benzene rings is 2. The molecule has 0 N–H and O–H groups in total. The monoisotopic (exact) mass is 346 g/mol. The molecule has 24 heavy (non-hydrogen) atoms. The van der Waals surface area contributed by atoms with E-state index in [9.17, 15) is 0 Å². The highest BCUT2D eigenvalue weighted by molar-refractivity contribution is 6.95.